The van der Waals surface area contributed by atoms with Crippen LogP contribution in [0.4, 0.5) is 11.4 Å². The Hall–Kier alpha value is -2.37. The Morgan fingerprint density at radius 3 is 2.89 bits per heavy atom. The number of nitrogens with zero attached hydrogens (tertiary/aromatic N) is 1. The molecule has 0 amide bonds. The van der Waals surface area contributed by atoms with Crippen molar-refractivity contribution < 1.29 is 14.5 Å². The van der Waals surface area contributed by atoms with E-state index in [2.05, 4.69) is 5.32 Å². The zero-order valence-corrected chi connectivity index (χ0v) is 9.96. The minimum atomic E-state index is -0.461. The first-order chi connectivity index (χ1) is 8.65. The Balaban J connectivity index is 2.54. The topological polar surface area (TPSA) is 81.5 Å². The van der Waals surface area contributed by atoms with Gasteiger partial charge >= 0.3 is 5.97 Å². The molecule has 0 saturated carbocycles. The highest BCUT2D eigenvalue weighted by Crippen LogP contribution is 2.22. The fourth-order valence-electron chi connectivity index (χ4n) is 1.30. The molecule has 0 fully saturated rings. The van der Waals surface area contributed by atoms with Gasteiger partial charge in [-0.1, -0.05) is 18.2 Å². The maximum Gasteiger partial charge on any atom is 0.330 e. The number of hydrogen-bond acceptors (Lipinski definition) is 5. The molecule has 0 aliphatic carbocycles. The van der Waals surface area contributed by atoms with Crippen molar-refractivity contribution >= 4 is 17.3 Å². The molecule has 6 heteroatoms. The molecule has 6 nitrogen and oxygen atoms in total. The molecule has 0 radical (unpaired) electrons. The Morgan fingerprint density at radius 2 is 2.22 bits per heavy atom. The number of nitro benzene ring substituents is 1. The molecule has 0 atom stereocenters. The molecule has 0 aromatic heterocycles. The van der Waals surface area contributed by atoms with Gasteiger partial charge in [0.05, 0.1) is 11.5 Å². The summed E-state index contributed by atoms with van der Waals surface area (Å²) >= 11 is 0. The van der Waals surface area contributed by atoms with E-state index in [0.717, 1.165) is 0 Å². The number of para-hydroxylation sites is 2. The summed E-state index contributed by atoms with van der Waals surface area (Å²) in [4.78, 5) is 21.2. The second-order valence-electron chi connectivity index (χ2n) is 3.31. The molecule has 0 aliphatic heterocycles. The Labute approximate surface area is 104 Å². The molecule has 0 saturated heterocycles. The van der Waals surface area contributed by atoms with Crippen molar-refractivity contribution in [2.75, 3.05) is 18.5 Å². The van der Waals surface area contributed by atoms with Crippen LogP contribution in [-0.4, -0.2) is 24.0 Å². The molecular weight excluding hydrogens is 236 g/mol. The molecule has 0 spiro atoms. The van der Waals surface area contributed by atoms with Gasteiger partial charge in [0.25, 0.3) is 5.69 Å². The highest BCUT2D eigenvalue weighted by Gasteiger charge is 2.10. The second kappa shape index (κ2) is 7.05. The summed E-state index contributed by atoms with van der Waals surface area (Å²) in [6.45, 7) is 2.35. The predicted octanol–water partition coefficient (Wildman–Crippen LogP) is 2.13. The van der Waals surface area contributed by atoms with Crippen molar-refractivity contribution in [2.24, 2.45) is 0 Å². The first kappa shape index (κ1) is 13.7. The molecule has 0 bridgehead atoms. The van der Waals surface area contributed by atoms with Crippen LogP contribution in [-0.2, 0) is 9.53 Å². The van der Waals surface area contributed by atoms with Crippen molar-refractivity contribution in [3.05, 3.63) is 46.5 Å². The van der Waals surface area contributed by atoms with Gasteiger partial charge in [-0.2, -0.15) is 0 Å². The van der Waals surface area contributed by atoms with Crippen LogP contribution in [0.25, 0.3) is 0 Å². The van der Waals surface area contributed by atoms with E-state index in [-0.39, 0.29) is 5.69 Å². The number of hydrogen-bond donors (Lipinski definition) is 1. The van der Waals surface area contributed by atoms with Gasteiger partial charge in [-0.3, -0.25) is 10.1 Å². The Bertz CT molecular complexity index is 457. The van der Waals surface area contributed by atoms with E-state index in [1.54, 1.807) is 31.2 Å². The number of nitrogens with one attached hydrogen (secondary N) is 1. The maximum absolute atomic E-state index is 11.0. The van der Waals surface area contributed by atoms with Gasteiger partial charge in [0, 0.05) is 18.7 Å². The van der Waals surface area contributed by atoms with Crippen LogP contribution in [0.3, 0.4) is 0 Å². The molecule has 0 unspecified atom stereocenters. The molecular formula is C12H14N2O4. The summed E-state index contributed by atoms with van der Waals surface area (Å²) in [5, 5.41) is 13.6. The number of nitro groups is 1. The van der Waals surface area contributed by atoms with Crippen molar-refractivity contribution in [3.8, 4) is 0 Å². The van der Waals surface area contributed by atoms with Crippen LogP contribution >= 0.6 is 0 Å². The summed E-state index contributed by atoms with van der Waals surface area (Å²) in [5.41, 5.74) is 0.415. The molecule has 0 aliphatic rings. The van der Waals surface area contributed by atoms with E-state index in [4.69, 9.17) is 4.74 Å². The molecule has 1 aromatic rings. The van der Waals surface area contributed by atoms with E-state index in [1.807, 2.05) is 0 Å². The molecule has 1 N–H and O–H groups in total. The largest absolute Gasteiger partial charge is 0.463 e. The highest BCUT2D eigenvalue weighted by atomic mass is 16.6. The summed E-state index contributed by atoms with van der Waals surface area (Å²) in [7, 11) is 0. The van der Waals surface area contributed by atoms with Gasteiger partial charge in [0.1, 0.15) is 5.69 Å². The number of esters is 1. The highest BCUT2D eigenvalue weighted by molar-refractivity contribution is 5.82. The van der Waals surface area contributed by atoms with Gasteiger partial charge in [-0.05, 0) is 13.0 Å². The lowest BCUT2D eigenvalue weighted by molar-refractivity contribution is -0.383. The SMILES string of the molecule is CCOC(=O)/C=C/CNc1ccccc1[N+](=O)[O-]. The van der Waals surface area contributed by atoms with E-state index >= 15 is 0 Å². The van der Waals surface area contributed by atoms with E-state index in [1.165, 1.54) is 12.1 Å². The standard InChI is InChI=1S/C12H14N2O4/c1-2-18-12(15)8-5-9-13-10-6-3-4-7-11(10)14(16)17/h3-8,13H,2,9H2,1H3/b8-5+. The van der Waals surface area contributed by atoms with E-state index in [9.17, 15) is 14.9 Å². The van der Waals surface area contributed by atoms with Gasteiger partial charge in [-0.25, -0.2) is 4.79 Å². The number of ether oxygens (including phenoxy) is 1. The summed E-state index contributed by atoms with van der Waals surface area (Å²) in [6.07, 6.45) is 2.83. The van der Waals surface area contributed by atoms with Crippen molar-refractivity contribution in [1.82, 2.24) is 0 Å². The third kappa shape index (κ3) is 4.25. The van der Waals surface area contributed by atoms with Gasteiger partial charge in [-0.15, -0.1) is 0 Å². The first-order valence-corrected chi connectivity index (χ1v) is 5.45. The number of rotatable bonds is 6. The van der Waals surface area contributed by atoms with E-state index < -0.39 is 10.9 Å². The third-order valence-electron chi connectivity index (χ3n) is 2.05. The van der Waals surface area contributed by atoms with Crippen LogP contribution in [0.15, 0.2) is 36.4 Å². The van der Waals surface area contributed by atoms with Crippen molar-refractivity contribution in [3.63, 3.8) is 0 Å². The van der Waals surface area contributed by atoms with Crippen molar-refractivity contribution in [2.45, 2.75) is 6.92 Å². The number of carbonyl (C=O) groups excluding carboxylic acids is 1. The fraction of sp³-hybridized carbons (Fsp3) is 0.250. The van der Waals surface area contributed by atoms with Crippen molar-refractivity contribution in [1.29, 1.82) is 0 Å². The van der Waals surface area contributed by atoms with Gasteiger partial charge in [0.15, 0.2) is 0 Å². The molecule has 0 heterocycles. The molecule has 1 rings (SSSR count). The summed E-state index contributed by atoms with van der Waals surface area (Å²) in [5.74, 6) is -0.429. The summed E-state index contributed by atoms with van der Waals surface area (Å²) in [6, 6.07) is 6.32. The van der Waals surface area contributed by atoms with Gasteiger partial charge < -0.3 is 10.1 Å². The monoisotopic (exact) mass is 250 g/mol. The average Bonchev–Trinajstić information content (AvgIpc) is 2.35. The minimum Gasteiger partial charge on any atom is -0.463 e. The van der Waals surface area contributed by atoms with Crippen LogP contribution in [0, 0.1) is 10.1 Å². The molecule has 18 heavy (non-hydrogen) atoms. The van der Waals surface area contributed by atoms with Crippen LogP contribution in [0.1, 0.15) is 6.92 Å². The zero-order chi connectivity index (χ0) is 13.4. The first-order valence-electron chi connectivity index (χ1n) is 5.45. The van der Waals surface area contributed by atoms with Gasteiger partial charge in [0.2, 0.25) is 0 Å². The lowest BCUT2D eigenvalue weighted by Gasteiger charge is -2.03. The fourth-order valence-corrected chi connectivity index (χ4v) is 1.30. The number of anilines is 1. The predicted molar refractivity (Wildman–Crippen MR) is 67.4 cm³/mol. The van der Waals surface area contributed by atoms with Crippen LogP contribution in [0.2, 0.25) is 0 Å². The van der Waals surface area contributed by atoms with Crippen LogP contribution in [0.5, 0.6) is 0 Å². The lowest BCUT2D eigenvalue weighted by atomic mass is 10.2. The third-order valence-corrected chi connectivity index (χ3v) is 2.05. The number of carbonyl (C=O) groups is 1. The quantitative estimate of drug-likeness (QED) is 0.362. The molecule has 96 valence electrons. The Morgan fingerprint density at radius 1 is 1.50 bits per heavy atom. The maximum atomic E-state index is 11.0. The smallest absolute Gasteiger partial charge is 0.330 e. The number of benzene rings is 1. The normalized spacial score (nSPS) is 10.3. The minimum absolute atomic E-state index is 0.00188. The zero-order valence-electron chi connectivity index (χ0n) is 9.96. The lowest BCUT2D eigenvalue weighted by Crippen LogP contribution is -2.04. The molecule has 1 aromatic carbocycles. The summed E-state index contributed by atoms with van der Waals surface area (Å²) < 4.78 is 4.69. The second-order valence-corrected chi connectivity index (χ2v) is 3.31. The average molecular weight is 250 g/mol. The Kier molecular flexibility index (Phi) is 5.37. The van der Waals surface area contributed by atoms with Crippen LogP contribution < -0.4 is 5.32 Å². The van der Waals surface area contributed by atoms with E-state index in [0.29, 0.717) is 18.8 Å².